The molecule has 0 bridgehead atoms. The number of halogens is 1. The predicted molar refractivity (Wildman–Crippen MR) is 123 cm³/mol. The highest BCUT2D eigenvalue weighted by molar-refractivity contribution is 5.81. The number of nitrogens with one attached hydrogen (secondary N) is 1. The van der Waals surface area contributed by atoms with Crippen molar-refractivity contribution in [3.63, 3.8) is 0 Å². The zero-order valence-electron chi connectivity index (χ0n) is 19.1. The van der Waals surface area contributed by atoms with Gasteiger partial charge < -0.3 is 29.2 Å². The molecule has 184 valence electrons. The van der Waals surface area contributed by atoms with Gasteiger partial charge in [0.05, 0.1) is 53.9 Å². The molecule has 0 radical (unpaired) electrons. The first-order chi connectivity index (χ1) is 17.0. The summed E-state index contributed by atoms with van der Waals surface area (Å²) in [5, 5.41) is 14.9. The van der Waals surface area contributed by atoms with Gasteiger partial charge in [0.1, 0.15) is 24.6 Å². The van der Waals surface area contributed by atoms with Crippen LogP contribution in [0.5, 0.6) is 11.5 Å². The molecule has 3 aromatic heterocycles. The first-order valence-corrected chi connectivity index (χ1v) is 11.7. The van der Waals surface area contributed by atoms with Crippen molar-refractivity contribution in [1.29, 1.82) is 0 Å². The van der Waals surface area contributed by atoms with Crippen LogP contribution < -0.4 is 20.3 Å². The summed E-state index contributed by atoms with van der Waals surface area (Å²) in [6.07, 6.45) is 2.67. The van der Waals surface area contributed by atoms with Crippen LogP contribution in [0.4, 0.5) is 4.39 Å². The van der Waals surface area contributed by atoms with Crippen LogP contribution in [0.15, 0.2) is 35.4 Å². The van der Waals surface area contributed by atoms with Crippen molar-refractivity contribution in [2.24, 2.45) is 0 Å². The fraction of sp³-hybridized carbons (Fsp3) is 0.458. The average Bonchev–Trinajstić information content (AvgIpc) is 3.18. The molecule has 0 unspecified atom stereocenters. The third-order valence-electron chi connectivity index (χ3n) is 6.71. The van der Waals surface area contributed by atoms with Crippen molar-refractivity contribution in [3.8, 4) is 11.5 Å². The van der Waals surface area contributed by atoms with Gasteiger partial charge in [0, 0.05) is 44.9 Å². The number of pyridine rings is 3. The summed E-state index contributed by atoms with van der Waals surface area (Å²) in [6.45, 7) is 4.01. The van der Waals surface area contributed by atoms with E-state index >= 15 is 0 Å². The quantitative estimate of drug-likeness (QED) is 0.515. The van der Waals surface area contributed by atoms with Gasteiger partial charge in [0.25, 0.3) is 5.56 Å². The van der Waals surface area contributed by atoms with Crippen molar-refractivity contribution in [2.75, 3.05) is 46.0 Å². The molecule has 1 fully saturated rings. The Kier molecular flexibility index (Phi) is 5.64. The fourth-order valence-electron chi connectivity index (χ4n) is 5.17. The topological polar surface area (TPSA) is 111 Å². The van der Waals surface area contributed by atoms with Gasteiger partial charge in [-0.05, 0) is 6.07 Å². The van der Waals surface area contributed by atoms with E-state index in [4.69, 9.17) is 14.2 Å². The zero-order chi connectivity index (χ0) is 24.0. The smallest absolute Gasteiger partial charge is 0.251 e. The number of nitrogens with zero attached hydrogens (tertiary/aromatic N) is 4. The highest BCUT2D eigenvalue weighted by atomic mass is 19.1. The molecule has 3 aromatic rings. The number of aromatic nitrogens is 3. The molecular weight excluding hydrogens is 457 g/mol. The summed E-state index contributed by atoms with van der Waals surface area (Å²) in [5.74, 6) is 0.754. The lowest BCUT2D eigenvalue weighted by molar-refractivity contribution is -0.0689. The third-order valence-corrected chi connectivity index (χ3v) is 6.71. The van der Waals surface area contributed by atoms with E-state index in [0.29, 0.717) is 68.5 Å². The fourth-order valence-corrected chi connectivity index (χ4v) is 5.17. The second-order valence-electron chi connectivity index (χ2n) is 9.18. The number of fused-ring (bicyclic) bond motifs is 1. The number of aliphatic hydroxyl groups is 1. The Morgan fingerprint density at radius 2 is 2.03 bits per heavy atom. The number of β-amino-alcohol motifs (C(OH)–C–C–N with tert-alkyl or cyclic N) is 1. The van der Waals surface area contributed by atoms with Crippen molar-refractivity contribution < 1.29 is 23.7 Å². The van der Waals surface area contributed by atoms with E-state index in [1.54, 1.807) is 12.3 Å². The second-order valence-corrected chi connectivity index (χ2v) is 9.18. The van der Waals surface area contributed by atoms with Gasteiger partial charge in [0.2, 0.25) is 0 Å². The van der Waals surface area contributed by atoms with Crippen LogP contribution in [0.1, 0.15) is 11.3 Å². The molecule has 11 heteroatoms. The van der Waals surface area contributed by atoms with E-state index in [2.05, 4.69) is 20.2 Å². The summed E-state index contributed by atoms with van der Waals surface area (Å²) < 4.78 is 33.3. The van der Waals surface area contributed by atoms with Crippen molar-refractivity contribution >= 4 is 11.0 Å². The minimum Gasteiger partial charge on any atom is -0.486 e. The molecule has 0 amide bonds. The lowest BCUT2D eigenvalue weighted by Gasteiger charge is -2.37. The van der Waals surface area contributed by atoms with Gasteiger partial charge >= 0.3 is 0 Å². The minimum atomic E-state index is -1.52. The van der Waals surface area contributed by atoms with Crippen LogP contribution in [0.2, 0.25) is 0 Å². The van der Waals surface area contributed by atoms with Crippen molar-refractivity contribution in [1.82, 2.24) is 24.8 Å². The normalized spacial score (nSPS) is 23.7. The molecule has 35 heavy (non-hydrogen) atoms. The maximum absolute atomic E-state index is 14.8. The van der Waals surface area contributed by atoms with Gasteiger partial charge in [-0.2, -0.15) is 0 Å². The molecule has 0 saturated carbocycles. The standard InChI is InChI=1S/C24H26FN5O5/c25-17-10-28-18-1-2-21(31)30-14-24(32,22(17)23(18)30)13-29-3-4-33-16(12-29)9-26-8-15-7-19-20(11-27-15)35-6-5-34-19/h1-2,7,10-11,16,26,32H,3-6,8-9,12-14H2/t16-,24-/m0/s1. The molecule has 10 nitrogen and oxygen atoms in total. The summed E-state index contributed by atoms with van der Waals surface area (Å²) in [5.41, 5.74) is 0.0445. The van der Waals surface area contributed by atoms with Crippen molar-refractivity contribution in [3.05, 3.63) is 58.0 Å². The summed E-state index contributed by atoms with van der Waals surface area (Å²) >= 11 is 0. The highest BCUT2D eigenvalue weighted by Crippen LogP contribution is 2.37. The highest BCUT2D eigenvalue weighted by Gasteiger charge is 2.43. The maximum Gasteiger partial charge on any atom is 0.251 e. The van der Waals surface area contributed by atoms with Crippen LogP contribution in [-0.4, -0.2) is 76.6 Å². The van der Waals surface area contributed by atoms with Gasteiger partial charge in [-0.3, -0.25) is 19.7 Å². The molecule has 6 heterocycles. The Labute approximate surface area is 200 Å². The summed E-state index contributed by atoms with van der Waals surface area (Å²) in [4.78, 5) is 22.9. The number of morpholine rings is 1. The van der Waals surface area contributed by atoms with Crippen molar-refractivity contribution in [2.45, 2.75) is 24.8 Å². The Balaban J connectivity index is 1.10. The van der Waals surface area contributed by atoms with E-state index in [0.717, 1.165) is 11.9 Å². The summed E-state index contributed by atoms with van der Waals surface area (Å²) in [6, 6.07) is 4.83. The second kappa shape index (κ2) is 8.83. The Morgan fingerprint density at radius 1 is 1.17 bits per heavy atom. The molecule has 3 aliphatic heterocycles. The number of hydrogen-bond acceptors (Lipinski definition) is 9. The van der Waals surface area contributed by atoms with Gasteiger partial charge in [-0.1, -0.05) is 0 Å². The largest absolute Gasteiger partial charge is 0.486 e. The molecule has 2 N–H and O–H groups in total. The van der Waals surface area contributed by atoms with Gasteiger partial charge in [-0.15, -0.1) is 0 Å². The Morgan fingerprint density at radius 3 is 2.91 bits per heavy atom. The molecule has 3 aliphatic rings. The molecule has 0 aromatic carbocycles. The molecule has 1 saturated heterocycles. The SMILES string of the molecule is O=c1ccc2ncc(F)c3c2n1C[C@@]3(O)CN1CCO[C@@H](CNCc2cc3c(cn2)OCCO3)C1. The van der Waals surface area contributed by atoms with E-state index in [1.807, 2.05) is 6.07 Å². The van der Waals surface area contributed by atoms with Gasteiger partial charge in [0.15, 0.2) is 11.5 Å². The first kappa shape index (κ1) is 22.4. The van der Waals surface area contributed by atoms with Crippen LogP contribution in [-0.2, 0) is 23.4 Å². The lowest BCUT2D eigenvalue weighted by Crippen LogP contribution is -2.51. The van der Waals surface area contributed by atoms with E-state index in [1.165, 1.54) is 10.6 Å². The Bertz CT molecular complexity index is 1330. The predicted octanol–water partition coefficient (Wildman–Crippen LogP) is 0.394. The van der Waals surface area contributed by atoms with Crippen LogP contribution in [0, 0.1) is 5.82 Å². The lowest BCUT2D eigenvalue weighted by atomic mass is 9.94. The van der Waals surface area contributed by atoms with E-state index in [-0.39, 0.29) is 30.3 Å². The molecular formula is C24H26FN5O5. The molecule has 6 rings (SSSR count). The number of rotatable bonds is 6. The molecule has 2 atom stereocenters. The minimum absolute atomic E-state index is 0.00280. The summed E-state index contributed by atoms with van der Waals surface area (Å²) in [7, 11) is 0. The molecule has 0 aliphatic carbocycles. The first-order valence-electron chi connectivity index (χ1n) is 11.7. The van der Waals surface area contributed by atoms with Gasteiger partial charge in [-0.25, -0.2) is 4.39 Å². The van der Waals surface area contributed by atoms with Crippen LogP contribution in [0.3, 0.4) is 0 Å². The zero-order valence-corrected chi connectivity index (χ0v) is 19.1. The number of ether oxygens (including phenoxy) is 3. The monoisotopic (exact) mass is 483 g/mol. The number of hydrogen-bond donors (Lipinski definition) is 2. The van der Waals surface area contributed by atoms with Crippen LogP contribution in [0.25, 0.3) is 11.0 Å². The van der Waals surface area contributed by atoms with E-state index < -0.39 is 11.4 Å². The third kappa shape index (κ3) is 4.14. The average molecular weight is 484 g/mol. The Hall–Kier alpha value is -3.12. The molecule has 0 spiro atoms. The van der Waals surface area contributed by atoms with E-state index in [9.17, 15) is 14.3 Å². The van der Waals surface area contributed by atoms with Crippen LogP contribution >= 0.6 is 0 Å². The maximum atomic E-state index is 14.8.